The smallest absolute Gasteiger partial charge is 0.0246 e. The summed E-state index contributed by atoms with van der Waals surface area (Å²) >= 11 is 0. The van der Waals surface area contributed by atoms with Crippen LogP contribution in [0.4, 0.5) is 0 Å². The molecule has 2 aliphatic carbocycles. The molecule has 2 unspecified atom stereocenters. The lowest BCUT2D eigenvalue weighted by atomic mass is 9.99. The number of nitrogens with one attached hydrogen (secondary N) is 1. The molecule has 18 heavy (non-hydrogen) atoms. The third kappa shape index (κ3) is 3.96. The second kappa shape index (κ2) is 7.49. The predicted octanol–water partition coefficient (Wildman–Crippen LogP) is 3.42. The molecule has 2 fully saturated rings. The van der Waals surface area contributed by atoms with Gasteiger partial charge in [-0.3, -0.25) is 0 Å². The fraction of sp³-hybridized carbons (Fsp3) is 1.00. The summed E-state index contributed by atoms with van der Waals surface area (Å²) in [5.41, 5.74) is 0. The molecular formula is C16H32N2. The third-order valence-corrected chi connectivity index (χ3v) is 5.03. The second-order valence-electron chi connectivity index (χ2n) is 6.46. The standard InChI is InChI=1S/C16H32N2/c1-3-17-15-11-5-4-6-12-16(15)18(2)13-14-9-7-8-10-14/h14-17H,3-13H2,1-2H3. The van der Waals surface area contributed by atoms with E-state index in [4.69, 9.17) is 0 Å². The Kier molecular flexibility index (Phi) is 5.97. The molecule has 0 heterocycles. The zero-order chi connectivity index (χ0) is 12.8. The Hall–Kier alpha value is -0.0800. The fourth-order valence-electron chi connectivity index (χ4n) is 4.05. The van der Waals surface area contributed by atoms with Gasteiger partial charge in [-0.2, -0.15) is 0 Å². The Morgan fingerprint density at radius 2 is 1.61 bits per heavy atom. The van der Waals surface area contributed by atoms with Crippen molar-refractivity contribution in [3.05, 3.63) is 0 Å². The Morgan fingerprint density at radius 3 is 2.33 bits per heavy atom. The third-order valence-electron chi connectivity index (χ3n) is 5.03. The van der Waals surface area contributed by atoms with Gasteiger partial charge in [0.1, 0.15) is 0 Å². The molecule has 2 heteroatoms. The van der Waals surface area contributed by atoms with Gasteiger partial charge < -0.3 is 10.2 Å². The van der Waals surface area contributed by atoms with Crippen molar-refractivity contribution in [2.45, 2.75) is 76.8 Å². The molecule has 0 bridgehead atoms. The number of hydrogen-bond donors (Lipinski definition) is 1. The Bertz CT molecular complexity index is 223. The lowest BCUT2D eigenvalue weighted by Gasteiger charge is -2.35. The average Bonchev–Trinajstić information content (AvgIpc) is 2.74. The van der Waals surface area contributed by atoms with Crippen molar-refractivity contribution >= 4 is 0 Å². The van der Waals surface area contributed by atoms with Gasteiger partial charge in [0.05, 0.1) is 0 Å². The molecule has 2 aliphatic rings. The van der Waals surface area contributed by atoms with Gasteiger partial charge in [-0.25, -0.2) is 0 Å². The SMILES string of the molecule is CCNC1CCCCCC1N(C)CC1CCCC1. The summed E-state index contributed by atoms with van der Waals surface area (Å²) < 4.78 is 0. The highest BCUT2D eigenvalue weighted by Crippen LogP contribution is 2.28. The molecule has 2 atom stereocenters. The van der Waals surface area contributed by atoms with Crippen LogP contribution in [0.2, 0.25) is 0 Å². The van der Waals surface area contributed by atoms with Crippen molar-refractivity contribution in [1.82, 2.24) is 10.2 Å². The van der Waals surface area contributed by atoms with E-state index < -0.39 is 0 Å². The Labute approximate surface area is 114 Å². The van der Waals surface area contributed by atoms with E-state index in [0.29, 0.717) is 0 Å². The van der Waals surface area contributed by atoms with E-state index >= 15 is 0 Å². The summed E-state index contributed by atoms with van der Waals surface area (Å²) in [4.78, 5) is 2.69. The van der Waals surface area contributed by atoms with Crippen LogP contribution in [0.3, 0.4) is 0 Å². The molecule has 0 amide bonds. The van der Waals surface area contributed by atoms with E-state index in [0.717, 1.165) is 24.5 Å². The first-order chi connectivity index (χ1) is 8.81. The molecule has 0 aromatic carbocycles. The lowest BCUT2D eigenvalue weighted by molar-refractivity contribution is 0.159. The monoisotopic (exact) mass is 252 g/mol. The minimum Gasteiger partial charge on any atom is -0.313 e. The first kappa shape index (κ1) is 14.3. The molecule has 0 aliphatic heterocycles. The highest BCUT2D eigenvalue weighted by molar-refractivity contribution is 4.86. The van der Waals surface area contributed by atoms with E-state index in [9.17, 15) is 0 Å². The molecule has 0 aromatic heterocycles. The minimum atomic E-state index is 0.740. The van der Waals surface area contributed by atoms with Crippen LogP contribution in [0.25, 0.3) is 0 Å². The van der Waals surface area contributed by atoms with E-state index in [1.807, 2.05) is 0 Å². The highest BCUT2D eigenvalue weighted by Gasteiger charge is 2.28. The lowest BCUT2D eigenvalue weighted by Crippen LogP contribution is -2.49. The molecule has 2 nitrogen and oxygen atoms in total. The van der Waals surface area contributed by atoms with Crippen molar-refractivity contribution < 1.29 is 0 Å². The largest absolute Gasteiger partial charge is 0.313 e. The van der Waals surface area contributed by atoms with Crippen LogP contribution >= 0.6 is 0 Å². The van der Waals surface area contributed by atoms with Gasteiger partial charge in [-0.1, -0.05) is 39.0 Å². The maximum atomic E-state index is 3.74. The van der Waals surface area contributed by atoms with E-state index in [1.165, 1.54) is 64.3 Å². The minimum absolute atomic E-state index is 0.740. The zero-order valence-corrected chi connectivity index (χ0v) is 12.5. The predicted molar refractivity (Wildman–Crippen MR) is 78.9 cm³/mol. The normalized spacial score (nSPS) is 30.8. The van der Waals surface area contributed by atoms with Crippen LogP contribution in [0.15, 0.2) is 0 Å². The number of hydrogen-bond acceptors (Lipinski definition) is 2. The van der Waals surface area contributed by atoms with Crippen molar-refractivity contribution in [3.8, 4) is 0 Å². The molecule has 0 aromatic rings. The Morgan fingerprint density at radius 1 is 0.944 bits per heavy atom. The number of nitrogens with zero attached hydrogens (tertiary/aromatic N) is 1. The van der Waals surface area contributed by atoms with Crippen LogP contribution in [0, 0.1) is 5.92 Å². The number of likely N-dealkylation sites (N-methyl/N-ethyl adjacent to an activating group) is 2. The zero-order valence-electron chi connectivity index (χ0n) is 12.5. The van der Waals surface area contributed by atoms with E-state index in [2.05, 4.69) is 24.2 Å². The van der Waals surface area contributed by atoms with Crippen molar-refractivity contribution in [2.75, 3.05) is 20.1 Å². The molecule has 0 saturated heterocycles. The van der Waals surface area contributed by atoms with E-state index in [-0.39, 0.29) is 0 Å². The second-order valence-corrected chi connectivity index (χ2v) is 6.46. The highest BCUT2D eigenvalue weighted by atomic mass is 15.2. The average molecular weight is 252 g/mol. The van der Waals surface area contributed by atoms with Gasteiger partial charge in [0.2, 0.25) is 0 Å². The van der Waals surface area contributed by atoms with Crippen molar-refractivity contribution in [2.24, 2.45) is 5.92 Å². The molecule has 2 rings (SSSR count). The molecule has 1 N–H and O–H groups in total. The summed E-state index contributed by atoms with van der Waals surface area (Å²) in [5, 5.41) is 3.74. The summed E-state index contributed by atoms with van der Waals surface area (Å²) in [6.07, 6.45) is 13.0. The summed E-state index contributed by atoms with van der Waals surface area (Å²) in [6, 6.07) is 1.52. The molecule has 2 saturated carbocycles. The summed E-state index contributed by atoms with van der Waals surface area (Å²) in [7, 11) is 2.37. The number of rotatable bonds is 5. The summed E-state index contributed by atoms with van der Waals surface area (Å²) in [6.45, 7) is 4.71. The van der Waals surface area contributed by atoms with Gasteiger partial charge >= 0.3 is 0 Å². The van der Waals surface area contributed by atoms with Crippen LogP contribution in [-0.4, -0.2) is 37.1 Å². The summed E-state index contributed by atoms with van der Waals surface area (Å²) in [5.74, 6) is 0.987. The first-order valence-corrected chi connectivity index (χ1v) is 8.25. The molecular weight excluding hydrogens is 220 g/mol. The van der Waals surface area contributed by atoms with Crippen molar-refractivity contribution in [1.29, 1.82) is 0 Å². The molecule has 0 spiro atoms. The van der Waals surface area contributed by atoms with Crippen LogP contribution in [-0.2, 0) is 0 Å². The van der Waals surface area contributed by atoms with Crippen molar-refractivity contribution in [3.63, 3.8) is 0 Å². The van der Waals surface area contributed by atoms with Gasteiger partial charge in [-0.05, 0) is 45.2 Å². The van der Waals surface area contributed by atoms with Gasteiger partial charge in [0.25, 0.3) is 0 Å². The maximum absolute atomic E-state index is 3.74. The van der Waals surface area contributed by atoms with Crippen LogP contribution in [0.5, 0.6) is 0 Å². The van der Waals surface area contributed by atoms with Gasteiger partial charge in [0, 0.05) is 18.6 Å². The van der Waals surface area contributed by atoms with E-state index in [1.54, 1.807) is 0 Å². The topological polar surface area (TPSA) is 15.3 Å². The van der Waals surface area contributed by atoms with Gasteiger partial charge in [0.15, 0.2) is 0 Å². The van der Waals surface area contributed by atoms with Crippen LogP contribution < -0.4 is 5.32 Å². The fourth-order valence-corrected chi connectivity index (χ4v) is 4.05. The van der Waals surface area contributed by atoms with Gasteiger partial charge in [-0.15, -0.1) is 0 Å². The maximum Gasteiger partial charge on any atom is 0.0246 e. The molecule has 106 valence electrons. The first-order valence-electron chi connectivity index (χ1n) is 8.25. The molecule has 0 radical (unpaired) electrons. The van der Waals surface area contributed by atoms with Crippen LogP contribution in [0.1, 0.15) is 64.7 Å². The Balaban J connectivity index is 1.88. The quantitative estimate of drug-likeness (QED) is 0.754.